The van der Waals surface area contributed by atoms with Crippen LogP contribution in [0.4, 0.5) is 26.3 Å². The highest BCUT2D eigenvalue weighted by atomic mass is 19.4. The van der Waals surface area contributed by atoms with Crippen molar-refractivity contribution in [2.24, 2.45) is 10.8 Å². The molecule has 1 aliphatic heterocycles. The monoisotopic (exact) mass is 574 g/mol. The lowest BCUT2D eigenvalue weighted by Gasteiger charge is -2.28. The van der Waals surface area contributed by atoms with Crippen molar-refractivity contribution < 1.29 is 31.1 Å². The number of nitrogens with zero attached hydrogens (tertiary/aromatic N) is 2. The van der Waals surface area contributed by atoms with E-state index in [0.717, 1.165) is 30.9 Å². The van der Waals surface area contributed by atoms with Crippen molar-refractivity contribution in [3.63, 3.8) is 0 Å². The van der Waals surface area contributed by atoms with E-state index in [0.29, 0.717) is 18.6 Å². The minimum atomic E-state index is -4.36. The fourth-order valence-corrected chi connectivity index (χ4v) is 3.79. The molecule has 1 aromatic carbocycles. The molecule has 3 N–H and O–H groups in total. The lowest BCUT2D eigenvalue weighted by atomic mass is 9.97. The molecule has 0 saturated carbocycles. The number of nitrogens with two attached hydrogens (primary N) is 1. The molecule has 0 aromatic heterocycles. The van der Waals surface area contributed by atoms with Crippen LogP contribution < -0.4 is 15.8 Å². The first-order valence-electron chi connectivity index (χ1n) is 13.2. The van der Waals surface area contributed by atoms with E-state index in [1.165, 1.54) is 18.2 Å². The number of halogens is 6. The van der Waals surface area contributed by atoms with E-state index in [9.17, 15) is 26.3 Å². The lowest BCUT2D eigenvalue weighted by molar-refractivity contribution is -0.137. The van der Waals surface area contributed by atoms with Crippen LogP contribution in [0.2, 0.25) is 0 Å². The van der Waals surface area contributed by atoms with E-state index in [4.69, 9.17) is 10.5 Å². The van der Waals surface area contributed by atoms with Gasteiger partial charge in [0.1, 0.15) is 17.2 Å². The summed E-state index contributed by atoms with van der Waals surface area (Å²) in [7, 11) is 1.82. The maximum atomic E-state index is 12.7. The topological polar surface area (TPSA) is 62.9 Å². The number of hydrogen-bond acceptors (Lipinski definition) is 5. The number of benzene rings is 1. The van der Waals surface area contributed by atoms with Gasteiger partial charge in [-0.05, 0) is 62.1 Å². The van der Waals surface area contributed by atoms with E-state index >= 15 is 0 Å². The zero-order chi connectivity index (χ0) is 30.4. The Labute approximate surface area is 233 Å². The van der Waals surface area contributed by atoms with Crippen LogP contribution in [0.3, 0.4) is 0 Å². The molecule has 1 unspecified atom stereocenters. The summed E-state index contributed by atoms with van der Waals surface area (Å²) in [6.45, 7) is 8.58. The third-order valence-corrected chi connectivity index (χ3v) is 5.75. The predicted molar refractivity (Wildman–Crippen MR) is 149 cm³/mol. The van der Waals surface area contributed by atoms with Gasteiger partial charge in [0.25, 0.3) is 0 Å². The van der Waals surface area contributed by atoms with Crippen LogP contribution in [0.1, 0.15) is 58.9 Å². The molecule has 224 valence electrons. The van der Waals surface area contributed by atoms with Crippen molar-refractivity contribution in [2.45, 2.75) is 71.3 Å². The molecule has 0 bridgehead atoms. The minimum absolute atomic E-state index is 0.0364. The number of dihydropyridines is 1. The maximum Gasteiger partial charge on any atom is 0.416 e. The molecule has 2 aliphatic rings. The average molecular weight is 575 g/mol. The molecule has 11 heteroatoms. The van der Waals surface area contributed by atoms with Crippen LogP contribution in [0.15, 0.2) is 76.7 Å². The Kier molecular flexibility index (Phi) is 14.1. The molecule has 0 spiro atoms. The molecule has 0 radical (unpaired) electrons. The Morgan fingerprint density at radius 1 is 1.05 bits per heavy atom. The van der Waals surface area contributed by atoms with Gasteiger partial charge in [0.2, 0.25) is 0 Å². The molecule has 1 atom stereocenters. The standard InChI is InChI=1S/C19H24F3N3O.C8H10F3N.C2H6/c1-4-12-18(2,14-24-25(3)17-7-5-6-13-23-17)26-16-10-8-15(9-11-16)19(20,21)22;9-8(10,11)7-4-2-1-3-6(7)5-12;1-2/h5-11,14,23H,4,12-13H2,1-3H3;1,3H,2,4-5,12H2;1-2H3/b24-14+;;. The van der Waals surface area contributed by atoms with Crippen molar-refractivity contribution in [2.75, 3.05) is 20.1 Å². The van der Waals surface area contributed by atoms with Gasteiger partial charge in [0.05, 0.1) is 11.8 Å². The molecule has 1 aromatic rings. The van der Waals surface area contributed by atoms with E-state index in [2.05, 4.69) is 10.4 Å². The highest BCUT2D eigenvalue weighted by Gasteiger charge is 2.35. The molecule has 3 rings (SSSR count). The summed E-state index contributed by atoms with van der Waals surface area (Å²) in [6, 6.07) is 4.72. The molecule has 1 heterocycles. The smallest absolute Gasteiger partial charge is 0.416 e. The highest BCUT2D eigenvalue weighted by molar-refractivity contribution is 5.68. The summed E-state index contributed by atoms with van der Waals surface area (Å²) in [5.41, 5.74) is 3.51. The predicted octanol–water partition coefficient (Wildman–Crippen LogP) is 7.74. The Balaban J connectivity index is 0.000000477. The third-order valence-electron chi connectivity index (χ3n) is 5.75. The van der Waals surface area contributed by atoms with Gasteiger partial charge in [-0.15, -0.1) is 0 Å². The summed E-state index contributed by atoms with van der Waals surface area (Å²) in [5.74, 6) is 1.23. The number of alkyl halides is 6. The number of ether oxygens (including phenoxy) is 1. The van der Waals surface area contributed by atoms with E-state index in [1.807, 2.05) is 53.0 Å². The average Bonchev–Trinajstić information content (AvgIpc) is 2.93. The number of hydrazone groups is 1. The molecule has 0 saturated heterocycles. The van der Waals surface area contributed by atoms with E-state index < -0.39 is 29.1 Å². The second-order valence-corrected chi connectivity index (χ2v) is 8.96. The van der Waals surface area contributed by atoms with Gasteiger partial charge in [-0.3, -0.25) is 5.01 Å². The lowest BCUT2D eigenvalue weighted by Crippen LogP contribution is -2.36. The van der Waals surface area contributed by atoms with Gasteiger partial charge in [0.15, 0.2) is 0 Å². The van der Waals surface area contributed by atoms with E-state index in [1.54, 1.807) is 17.3 Å². The highest BCUT2D eigenvalue weighted by Crippen LogP contribution is 2.34. The molecule has 0 fully saturated rings. The second-order valence-electron chi connectivity index (χ2n) is 8.96. The van der Waals surface area contributed by atoms with Crippen molar-refractivity contribution in [1.82, 2.24) is 10.3 Å². The summed E-state index contributed by atoms with van der Waals surface area (Å²) in [5, 5.41) is 9.33. The fourth-order valence-electron chi connectivity index (χ4n) is 3.79. The number of rotatable bonds is 8. The van der Waals surface area contributed by atoms with Crippen molar-refractivity contribution in [3.8, 4) is 5.75 Å². The number of nitrogens with one attached hydrogen (secondary N) is 1. The van der Waals surface area contributed by atoms with Gasteiger partial charge in [0, 0.05) is 25.7 Å². The Morgan fingerprint density at radius 2 is 1.70 bits per heavy atom. The molecule has 1 aliphatic carbocycles. The first kappa shape index (κ1) is 34.8. The van der Waals surface area contributed by atoms with Gasteiger partial charge in [-0.2, -0.15) is 31.4 Å². The quantitative estimate of drug-likeness (QED) is 0.189. The Hall–Kier alpha value is -3.21. The van der Waals surface area contributed by atoms with Gasteiger partial charge in [-0.25, -0.2) is 0 Å². The van der Waals surface area contributed by atoms with Crippen LogP contribution in [0.5, 0.6) is 5.75 Å². The fraction of sp³-hybridized carbons (Fsp3) is 0.483. The normalized spacial score (nSPS) is 16.6. The van der Waals surface area contributed by atoms with Gasteiger partial charge < -0.3 is 15.8 Å². The Bertz CT molecular complexity index is 1060. The number of hydrogen-bond donors (Lipinski definition) is 2. The van der Waals surface area contributed by atoms with Crippen molar-refractivity contribution >= 4 is 6.21 Å². The maximum absolute atomic E-state index is 12.7. The largest absolute Gasteiger partial charge is 0.482 e. The minimum Gasteiger partial charge on any atom is -0.482 e. The van der Waals surface area contributed by atoms with Crippen molar-refractivity contribution in [1.29, 1.82) is 0 Å². The van der Waals surface area contributed by atoms with Crippen LogP contribution in [0.25, 0.3) is 0 Å². The zero-order valence-electron chi connectivity index (χ0n) is 23.7. The summed E-state index contributed by atoms with van der Waals surface area (Å²) < 4.78 is 80.7. The molecule has 0 amide bonds. The van der Waals surface area contributed by atoms with Crippen molar-refractivity contribution in [3.05, 3.63) is 77.2 Å². The molecule has 5 nitrogen and oxygen atoms in total. The van der Waals surface area contributed by atoms with E-state index in [-0.39, 0.29) is 18.5 Å². The summed E-state index contributed by atoms with van der Waals surface area (Å²) in [4.78, 5) is 0. The zero-order valence-corrected chi connectivity index (χ0v) is 23.7. The van der Waals surface area contributed by atoms with Crippen LogP contribution in [-0.4, -0.2) is 43.1 Å². The van der Waals surface area contributed by atoms with Crippen LogP contribution >= 0.6 is 0 Å². The third kappa shape index (κ3) is 11.5. The van der Waals surface area contributed by atoms with Gasteiger partial charge in [-0.1, -0.05) is 51.5 Å². The molecular formula is C29H40F6N4O. The SMILES string of the molecule is CC.CCCC(C)(/C=N/N(C)C1=CC=CCN1)Oc1ccc(C(F)(F)F)cc1.NCC1=C(C(F)(F)F)CCC=C1. The van der Waals surface area contributed by atoms with Crippen LogP contribution in [-0.2, 0) is 6.18 Å². The Morgan fingerprint density at radius 3 is 2.17 bits per heavy atom. The second kappa shape index (κ2) is 16.2. The first-order valence-corrected chi connectivity index (χ1v) is 13.2. The molecule has 40 heavy (non-hydrogen) atoms. The van der Waals surface area contributed by atoms with Gasteiger partial charge >= 0.3 is 12.4 Å². The summed E-state index contributed by atoms with van der Waals surface area (Å²) >= 11 is 0. The van der Waals surface area contributed by atoms with Crippen LogP contribution in [0, 0.1) is 0 Å². The number of allylic oxidation sites excluding steroid dienone is 4. The first-order chi connectivity index (χ1) is 18.8. The summed E-state index contributed by atoms with van der Waals surface area (Å²) in [6.07, 6.45) is 4.20. The molecular weight excluding hydrogens is 534 g/mol.